The predicted molar refractivity (Wildman–Crippen MR) is 93.4 cm³/mol. The lowest BCUT2D eigenvalue weighted by molar-refractivity contribution is 0.0205. The fourth-order valence-electron chi connectivity index (χ4n) is 2.09. The fourth-order valence-corrected chi connectivity index (χ4v) is 3.90. The summed E-state index contributed by atoms with van der Waals surface area (Å²) in [5.74, 6) is 1.72. The van der Waals surface area contributed by atoms with Crippen LogP contribution in [0.1, 0.15) is 0 Å². The Balaban J connectivity index is 1.74. The number of fused-ring (bicyclic) bond motifs is 2. The second kappa shape index (κ2) is 9.44. The van der Waals surface area contributed by atoms with E-state index >= 15 is 0 Å². The van der Waals surface area contributed by atoms with Gasteiger partial charge in [0.05, 0.1) is 50.7 Å². The highest BCUT2D eigenvalue weighted by molar-refractivity contribution is 8.02. The normalized spacial score (nSPS) is 18.8. The zero-order valence-electron chi connectivity index (χ0n) is 12.9. The van der Waals surface area contributed by atoms with Crippen molar-refractivity contribution in [2.75, 3.05) is 51.1 Å². The average molecular weight is 352 g/mol. The Morgan fingerprint density at radius 2 is 1.09 bits per heavy atom. The zero-order chi connectivity index (χ0) is 15.7. The van der Waals surface area contributed by atoms with E-state index in [0.29, 0.717) is 39.6 Å². The molecule has 1 aromatic heterocycles. The molecule has 2 aromatic rings. The number of thioether (sulfide) groups is 2. The minimum Gasteiger partial charge on any atom is -0.378 e. The van der Waals surface area contributed by atoms with Gasteiger partial charge in [-0.25, -0.2) is 9.97 Å². The van der Waals surface area contributed by atoms with Gasteiger partial charge in [-0.1, -0.05) is 12.1 Å². The van der Waals surface area contributed by atoms with Crippen LogP contribution >= 0.6 is 23.5 Å². The van der Waals surface area contributed by atoms with Crippen LogP contribution in [0.25, 0.3) is 11.0 Å². The molecule has 0 radical (unpaired) electrons. The molecule has 0 N–H and O–H groups in total. The van der Waals surface area contributed by atoms with Crippen LogP contribution in [0.5, 0.6) is 0 Å². The van der Waals surface area contributed by atoms with E-state index in [9.17, 15) is 0 Å². The summed E-state index contributed by atoms with van der Waals surface area (Å²) in [6.07, 6.45) is 0. The number of ether oxygens (including phenoxy) is 3. The average Bonchev–Trinajstić information content (AvgIpc) is 2.59. The Morgan fingerprint density at radius 3 is 1.57 bits per heavy atom. The third kappa shape index (κ3) is 5.32. The van der Waals surface area contributed by atoms with Crippen LogP contribution in [0.15, 0.2) is 34.3 Å². The van der Waals surface area contributed by atoms with Gasteiger partial charge in [-0.05, 0) is 12.1 Å². The van der Waals surface area contributed by atoms with Crippen LogP contribution in [0.4, 0.5) is 0 Å². The van der Waals surface area contributed by atoms with Crippen molar-refractivity contribution in [3.8, 4) is 0 Å². The third-order valence-corrected chi connectivity index (χ3v) is 5.17. The van der Waals surface area contributed by atoms with Crippen LogP contribution in [-0.4, -0.2) is 61.1 Å². The van der Waals surface area contributed by atoms with Gasteiger partial charge >= 0.3 is 0 Å². The first-order chi connectivity index (χ1) is 11.4. The molecule has 2 heterocycles. The van der Waals surface area contributed by atoms with Crippen molar-refractivity contribution < 1.29 is 14.2 Å². The molecular formula is C16H20N2O3S2. The smallest absolute Gasteiger partial charge is 0.129 e. The predicted octanol–water partition coefficient (Wildman–Crippen LogP) is 2.88. The monoisotopic (exact) mass is 352 g/mol. The molecule has 23 heavy (non-hydrogen) atoms. The van der Waals surface area contributed by atoms with Crippen molar-refractivity contribution in [2.24, 2.45) is 0 Å². The Bertz CT molecular complexity index is 575. The van der Waals surface area contributed by atoms with Crippen molar-refractivity contribution in [3.63, 3.8) is 0 Å². The SMILES string of the molecule is c1ccc2nc3c(nc2c1)SCCOCCOCCOCCS3. The van der Waals surface area contributed by atoms with Crippen molar-refractivity contribution in [1.29, 1.82) is 0 Å². The van der Waals surface area contributed by atoms with Gasteiger partial charge in [0.2, 0.25) is 0 Å². The van der Waals surface area contributed by atoms with Gasteiger partial charge in [0.25, 0.3) is 0 Å². The second-order valence-corrected chi connectivity index (χ2v) is 7.02. The number of hydrogen-bond donors (Lipinski definition) is 0. The second-order valence-electron chi connectivity index (χ2n) is 4.86. The summed E-state index contributed by atoms with van der Waals surface area (Å²) in [5.41, 5.74) is 1.87. The van der Waals surface area contributed by atoms with Crippen LogP contribution in [0.3, 0.4) is 0 Å². The van der Waals surface area contributed by atoms with Crippen LogP contribution in [0, 0.1) is 0 Å². The largest absolute Gasteiger partial charge is 0.378 e. The standard InChI is InChI=1S/C16H20N2O3S2/c1-2-4-14-13(3-1)17-15-16(18-14)23-12-10-21-8-6-19-5-7-20-9-11-22-15/h1-4H,5-12H2. The molecule has 0 atom stereocenters. The highest BCUT2D eigenvalue weighted by atomic mass is 32.2. The summed E-state index contributed by atoms with van der Waals surface area (Å²) in [6, 6.07) is 7.98. The van der Waals surface area contributed by atoms with E-state index in [4.69, 9.17) is 24.2 Å². The van der Waals surface area contributed by atoms with Crippen molar-refractivity contribution in [3.05, 3.63) is 24.3 Å². The molecule has 0 spiro atoms. The molecule has 7 heteroatoms. The molecule has 0 aliphatic carbocycles. The highest BCUT2D eigenvalue weighted by Crippen LogP contribution is 2.29. The van der Waals surface area contributed by atoms with Crippen LogP contribution < -0.4 is 0 Å². The van der Waals surface area contributed by atoms with E-state index in [0.717, 1.165) is 32.6 Å². The lowest BCUT2D eigenvalue weighted by Crippen LogP contribution is -2.11. The van der Waals surface area contributed by atoms with E-state index < -0.39 is 0 Å². The Hall–Kier alpha value is -0.860. The maximum atomic E-state index is 5.57. The Kier molecular flexibility index (Phi) is 6.97. The lowest BCUT2D eigenvalue weighted by Gasteiger charge is -2.09. The van der Waals surface area contributed by atoms with E-state index in [2.05, 4.69) is 0 Å². The molecule has 1 aliphatic rings. The molecule has 0 fully saturated rings. The molecule has 3 rings (SSSR count). The number of benzene rings is 1. The molecule has 1 aromatic carbocycles. The number of aromatic nitrogens is 2. The van der Waals surface area contributed by atoms with Gasteiger partial charge in [0.1, 0.15) is 10.1 Å². The summed E-state index contributed by atoms with van der Waals surface area (Å²) < 4.78 is 16.6. The van der Waals surface area contributed by atoms with E-state index in [-0.39, 0.29) is 0 Å². The fraction of sp³-hybridized carbons (Fsp3) is 0.500. The Morgan fingerprint density at radius 1 is 0.652 bits per heavy atom. The molecule has 5 nitrogen and oxygen atoms in total. The summed E-state index contributed by atoms with van der Waals surface area (Å²) in [4.78, 5) is 9.53. The molecule has 0 amide bonds. The number of rotatable bonds is 0. The van der Waals surface area contributed by atoms with Gasteiger partial charge in [0, 0.05) is 11.5 Å². The quantitative estimate of drug-likeness (QED) is 0.722. The minimum absolute atomic E-state index is 0.615. The Labute approximate surface area is 144 Å². The summed E-state index contributed by atoms with van der Waals surface area (Å²) >= 11 is 3.39. The molecule has 0 unspecified atom stereocenters. The lowest BCUT2D eigenvalue weighted by atomic mass is 10.3. The maximum absolute atomic E-state index is 5.57. The number of hydrogen-bond acceptors (Lipinski definition) is 7. The summed E-state index contributed by atoms with van der Waals surface area (Å²) in [5, 5.41) is 1.95. The first-order valence-corrected chi connectivity index (χ1v) is 9.66. The molecule has 0 bridgehead atoms. The highest BCUT2D eigenvalue weighted by Gasteiger charge is 2.10. The molecule has 0 saturated heterocycles. The van der Waals surface area contributed by atoms with E-state index in [1.807, 2.05) is 24.3 Å². The van der Waals surface area contributed by atoms with Crippen molar-refractivity contribution >= 4 is 34.6 Å². The van der Waals surface area contributed by atoms with Crippen LogP contribution in [0.2, 0.25) is 0 Å². The van der Waals surface area contributed by atoms with Crippen molar-refractivity contribution in [1.82, 2.24) is 9.97 Å². The first kappa shape index (κ1) is 17.0. The molecule has 1 aliphatic heterocycles. The van der Waals surface area contributed by atoms with Gasteiger partial charge in [-0.3, -0.25) is 0 Å². The van der Waals surface area contributed by atoms with Crippen molar-refractivity contribution in [2.45, 2.75) is 10.1 Å². The van der Waals surface area contributed by atoms with Crippen LogP contribution in [-0.2, 0) is 14.2 Å². The maximum Gasteiger partial charge on any atom is 0.129 e. The summed E-state index contributed by atoms with van der Waals surface area (Å²) in [6.45, 7) is 3.83. The van der Waals surface area contributed by atoms with E-state index in [1.54, 1.807) is 23.5 Å². The topological polar surface area (TPSA) is 53.5 Å². The first-order valence-electron chi connectivity index (χ1n) is 7.69. The van der Waals surface area contributed by atoms with E-state index in [1.165, 1.54) is 0 Å². The molecule has 0 saturated carbocycles. The zero-order valence-corrected chi connectivity index (χ0v) is 14.5. The third-order valence-electron chi connectivity index (χ3n) is 3.19. The number of nitrogens with zero attached hydrogens (tertiary/aromatic N) is 2. The molecule has 124 valence electrons. The summed E-state index contributed by atoms with van der Waals surface area (Å²) in [7, 11) is 0. The van der Waals surface area contributed by atoms with Gasteiger partial charge in [-0.15, -0.1) is 23.5 Å². The van der Waals surface area contributed by atoms with Gasteiger partial charge in [-0.2, -0.15) is 0 Å². The molecular weight excluding hydrogens is 332 g/mol. The van der Waals surface area contributed by atoms with Gasteiger partial charge in [0.15, 0.2) is 0 Å². The number of para-hydroxylation sites is 2. The minimum atomic E-state index is 0.615. The van der Waals surface area contributed by atoms with Gasteiger partial charge < -0.3 is 14.2 Å².